The number of halogens is 1. The van der Waals surface area contributed by atoms with E-state index in [-0.39, 0.29) is 17.7 Å². The van der Waals surface area contributed by atoms with Gasteiger partial charge in [-0.05, 0) is 19.4 Å². The highest BCUT2D eigenvalue weighted by Crippen LogP contribution is 2.39. The summed E-state index contributed by atoms with van der Waals surface area (Å²) in [4.78, 5) is 13.0. The number of hydrogen-bond acceptors (Lipinski definition) is 10. The summed E-state index contributed by atoms with van der Waals surface area (Å²) in [5.41, 5.74) is 1.63. The lowest BCUT2D eigenvalue weighted by Crippen LogP contribution is -2.35. The summed E-state index contributed by atoms with van der Waals surface area (Å²) in [6.07, 6.45) is -1.77. The number of nitrogens with one attached hydrogen (secondary N) is 2. The summed E-state index contributed by atoms with van der Waals surface area (Å²) < 4.78 is 11.3. The Hall–Kier alpha value is -2.66. The van der Waals surface area contributed by atoms with Gasteiger partial charge < -0.3 is 35.1 Å². The van der Waals surface area contributed by atoms with Crippen LogP contribution in [0.2, 0.25) is 5.15 Å². The summed E-state index contributed by atoms with van der Waals surface area (Å²) in [5.74, 6) is 1.04. The zero-order valence-electron chi connectivity index (χ0n) is 17.3. The molecule has 166 valence electrons. The normalized spacial score (nSPS) is 23.3. The number of nitrogens with zero attached hydrogens (tertiary/aromatic N) is 3. The smallest absolute Gasteiger partial charge is 0.225 e. The van der Waals surface area contributed by atoms with E-state index in [1.807, 2.05) is 6.92 Å². The van der Waals surface area contributed by atoms with Gasteiger partial charge in [0.15, 0.2) is 5.58 Å². The van der Waals surface area contributed by atoms with Gasteiger partial charge >= 0.3 is 0 Å². The van der Waals surface area contributed by atoms with Gasteiger partial charge in [-0.3, -0.25) is 0 Å². The lowest BCUT2D eigenvalue weighted by atomic mass is 10.1. The molecule has 1 saturated carbocycles. The average molecular weight is 450 g/mol. The molecule has 0 saturated heterocycles. The van der Waals surface area contributed by atoms with Crippen molar-refractivity contribution in [2.45, 2.75) is 31.6 Å². The maximum Gasteiger partial charge on any atom is 0.225 e. The molecule has 0 bridgehead atoms. The molecule has 5 N–H and O–H groups in total. The zero-order chi connectivity index (χ0) is 22.3. The summed E-state index contributed by atoms with van der Waals surface area (Å²) in [5, 5.41) is 37.0. The maximum absolute atomic E-state index is 10.4. The van der Waals surface area contributed by atoms with E-state index in [0.717, 1.165) is 5.39 Å². The number of pyridine rings is 1. The second kappa shape index (κ2) is 8.46. The highest BCUT2D eigenvalue weighted by atomic mass is 35.5. The lowest BCUT2D eigenvalue weighted by Gasteiger charge is -2.20. The molecule has 1 fully saturated rings. The van der Waals surface area contributed by atoms with Crippen LogP contribution < -0.4 is 15.4 Å². The molecule has 0 aromatic carbocycles. The Bertz CT molecular complexity index is 1110. The Balaban J connectivity index is 1.79. The van der Waals surface area contributed by atoms with Crippen LogP contribution in [0, 0.1) is 12.8 Å². The Morgan fingerprint density at radius 2 is 2.00 bits per heavy atom. The highest BCUT2D eigenvalue weighted by molar-refractivity contribution is 6.32. The monoisotopic (exact) mass is 449 g/mol. The molecule has 0 unspecified atom stereocenters. The number of aliphatic hydroxyl groups excluding tert-OH is 3. The van der Waals surface area contributed by atoms with Crippen molar-refractivity contribution in [2.24, 2.45) is 5.92 Å². The van der Waals surface area contributed by atoms with E-state index in [2.05, 4.69) is 25.6 Å². The number of aryl methyl sites for hydroxylation is 1. The van der Waals surface area contributed by atoms with E-state index in [1.165, 1.54) is 0 Å². The van der Waals surface area contributed by atoms with Crippen LogP contribution in [0.15, 0.2) is 16.5 Å². The highest BCUT2D eigenvalue weighted by Gasteiger charge is 2.41. The molecular weight excluding hydrogens is 426 g/mol. The Morgan fingerprint density at radius 3 is 2.65 bits per heavy atom. The standard InChI is InChI=1S/C20H24ClN5O5/c1-8-17-9(6-13(23-8)30-3)5-12(31-17)14-18(21)25-20(22-2)26-19(14)24-11-4-10(7-27)15(28)16(11)29/h5-6,10-11,15-16,27-29H,4,7H2,1-3H3,(H2,22,24,25,26)/t10-,11-,15-,16+/m1/s1. The molecule has 1 aliphatic rings. The van der Waals surface area contributed by atoms with Crippen LogP contribution in [0.25, 0.3) is 22.3 Å². The average Bonchev–Trinajstić information content (AvgIpc) is 3.29. The molecule has 3 heterocycles. The van der Waals surface area contributed by atoms with Crippen molar-refractivity contribution in [1.29, 1.82) is 0 Å². The molecule has 0 spiro atoms. The van der Waals surface area contributed by atoms with Gasteiger partial charge in [0.25, 0.3) is 0 Å². The van der Waals surface area contributed by atoms with Gasteiger partial charge in [0, 0.05) is 31.0 Å². The van der Waals surface area contributed by atoms with Crippen LogP contribution in [0.4, 0.5) is 11.8 Å². The van der Waals surface area contributed by atoms with E-state index >= 15 is 0 Å². The van der Waals surface area contributed by atoms with E-state index in [9.17, 15) is 15.3 Å². The van der Waals surface area contributed by atoms with Gasteiger partial charge in [-0.2, -0.15) is 4.98 Å². The second-order valence-corrected chi connectivity index (χ2v) is 7.86. The molecular formula is C20H24ClN5O5. The first-order valence-electron chi connectivity index (χ1n) is 9.80. The van der Waals surface area contributed by atoms with Gasteiger partial charge in [0.2, 0.25) is 11.8 Å². The first kappa shape index (κ1) is 21.6. The number of rotatable bonds is 6. The van der Waals surface area contributed by atoms with E-state index < -0.39 is 24.2 Å². The van der Waals surface area contributed by atoms with Crippen molar-refractivity contribution in [1.82, 2.24) is 15.0 Å². The first-order chi connectivity index (χ1) is 14.9. The Kier molecular flexibility index (Phi) is 5.89. The van der Waals surface area contributed by atoms with Crippen molar-refractivity contribution in [2.75, 3.05) is 31.4 Å². The van der Waals surface area contributed by atoms with E-state index in [4.69, 9.17) is 20.8 Å². The number of hydrogen-bond donors (Lipinski definition) is 5. The Labute approximate surface area is 183 Å². The van der Waals surface area contributed by atoms with Gasteiger partial charge in [-0.25, -0.2) is 9.97 Å². The van der Waals surface area contributed by atoms with Crippen molar-refractivity contribution in [3.63, 3.8) is 0 Å². The molecule has 10 nitrogen and oxygen atoms in total. The third-order valence-corrected chi connectivity index (χ3v) is 5.82. The maximum atomic E-state index is 10.4. The third-order valence-electron chi connectivity index (χ3n) is 5.55. The molecule has 1 aliphatic carbocycles. The summed E-state index contributed by atoms with van der Waals surface area (Å²) in [6.45, 7) is 1.58. The minimum atomic E-state index is -1.08. The predicted molar refractivity (Wildman–Crippen MR) is 115 cm³/mol. The number of methoxy groups -OCH3 is 1. The molecule has 0 radical (unpaired) electrons. The summed E-state index contributed by atoms with van der Waals surface area (Å²) in [7, 11) is 3.20. The lowest BCUT2D eigenvalue weighted by molar-refractivity contribution is 0.00446. The molecule has 4 rings (SSSR count). The first-order valence-corrected chi connectivity index (χ1v) is 10.2. The summed E-state index contributed by atoms with van der Waals surface area (Å²) >= 11 is 6.50. The molecule has 0 amide bonds. The van der Waals surface area contributed by atoms with Crippen molar-refractivity contribution in [3.05, 3.63) is 23.0 Å². The number of aromatic nitrogens is 3. The van der Waals surface area contributed by atoms with Crippen molar-refractivity contribution < 1.29 is 24.5 Å². The third kappa shape index (κ3) is 3.87. The number of aliphatic hydroxyl groups is 3. The SMILES string of the molecule is CNc1nc(Cl)c(-c2cc3cc(OC)nc(C)c3o2)c(N[C@@H]2C[C@H](CO)[C@@H](O)[C@H]2O)n1. The predicted octanol–water partition coefficient (Wildman–Crippen LogP) is 1.81. The number of furan rings is 1. The van der Waals surface area contributed by atoms with E-state index in [0.29, 0.717) is 40.7 Å². The quantitative estimate of drug-likeness (QED) is 0.353. The number of fused-ring (bicyclic) bond motifs is 1. The number of anilines is 2. The fourth-order valence-corrected chi connectivity index (χ4v) is 4.16. The van der Waals surface area contributed by atoms with Crippen LogP contribution in [0.5, 0.6) is 5.88 Å². The van der Waals surface area contributed by atoms with Crippen LogP contribution >= 0.6 is 11.6 Å². The topological polar surface area (TPSA) is 146 Å². The molecule has 11 heteroatoms. The van der Waals surface area contributed by atoms with Gasteiger partial charge in [-0.15, -0.1) is 0 Å². The fraction of sp³-hybridized carbons (Fsp3) is 0.450. The largest absolute Gasteiger partial charge is 0.481 e. The van der Waals surface area contributed by atoms with Gasteiger partial charge in [-0.1, -0.05) is 11.6 Å². The molecule has 4 atom stereocenters. The van der Waals surface area contributed by atoms with Crippen molar-refractivity contribution >= 4 is 34.3 Å². The van der Waals surface area contributed by atoms with Crippen LogP contribution in [-0.4, -0.2) is 69.3 Å². The fourth-order valence-electron chi connectivity index (χ4n) is 3.90. The van der Waals surface area contributed by atoms with Crippen LogP contribution in [-0.2, 0) is 0 Å². The van der Waals surface area contributed by atoms with Crippen LogP contribution in [0.1, 0.15) is 12.1 Å². The van der Waals surface area contributed by atoms with E-state index in [1.54, 1.807) is 26.3 Å². The summed E-state index contributed by atoms with van der Waals surface area (Å²) in [6, 6.07) is 2.99. The van der Waals surface area contributed by atoms with Crippen LogP contribution in [0.3, 0.4) is 0 Å². The Morgan fingerprint density at radius 1 is 1.23 bits per heavy atom. The molecule has 0 aliphatic heterocycles. The van der Waals surface area contributed by atoms with Gasteiger partial charge in [0.05, 0.1) is 30.5 Å². The molecule has 3 aromatic rings. The van der Waals surface area contributed by atoms with Crippen molar-refractivity contribution in [3.8, 4) is 17.2 Å². The minimum Gasteiger partial charge on any atom is -0.481 e. The van der Waals surface area contributed by atoms with Gasteiger partial charge in [0.1, 0.15) is 22.8 Å². The molecule has 31 heavy (non-hydrogen) atoms. The molecule has 3 aromatic heterocycles. The second-order valence-electron chi connectivity index (χ2n) is 7.50. The zero-order valence-corrected chi connectivity index (χ0v) is 18.0. The number of ether oxygens (including phenoxy) is 1. The minimum absolute atomic E-state index is 0.144.